The quantitative estimate of drug-likeness (QED) is 0.756. The predicted octanol–water partition coefficient (Wildman–Crippen LogP) is 2.82. The van der Waals surface area contributed by atoms with Gasteiger partial charge in [-0.1, -0.05) is 24.3 Å². The zero-order chi connectivity index (χ0) is 22.9. The zero-order valence-electron chi connectivity index (χ0n) is 17.2. The first-order valence-corrected chi connectivity index (χ1v) is 10.3. The number of nitrogens with zero attached hydrogens (tertiary/aromatic N) is 3. The monoisotopic (exact) mass is 448 g/mol. The molecule has 2 N–H and O–H groups in total. The van der Waals surface area contributed by atoms with Crippen LogP contribution in [-0.2, 0) is 9.59 Å². The number of hydrogen-bond acceptors (Lipinski definition) is 5. The molecule has 2 aliphatic heterocycles. The predicted molar refractivity (Wildman–Crippen MR) is 114 cm³/mol. The zero-order valence-corrected chi connectivity index (χ0v) is 17.2. The summed E-state index contributed by atoms with van der Waals surface area (Å²) in [5.74, 6) is -1.35. The van der Waals surface area contributed by atoms with Gasteiger partial charge in [0.2, 0.25) is 11.8 Å². The minimum Gasteiger partial charge on any atom is -0.506 e. The lowest BCUT2D eigenvalue weighted by Crippen LogP contribution is -2.55. The first kappa shape index (κ1) is 21.9. The van der Waals surface area contributed by atoms with Gasteiger partial charge in [0.15, 0.2) is 0 Å². The Labute approximate surface area is 183 Å². The lowest BCUT2D eigenvalue weighted by Gasteiger charge is -2.38. The molecule has 32 heavy (non-hydrogen) atoms. The van der Waals surface area contributed by atoms with Crippen LogP contribution in [0.3, 0.4) is 0 Å². The smallest absolute Gasteiger partial charge is 0.409 e. The summed E-state index contributed by atoms with van der Waals surface area (Å²) in [7, 11) is 0. The Morgan fingerprint density at radius 1 is 1.00 bits per heavy atom. The number of phenols is 1. The summed E-state index contributed by atoms with van der Waals surface area (Å²) in [5.41, 5.74) is 0.905. The number of alkyl halides is 3. The van der Waals surface area contributed by atoms with E-state index < -0.39 is 30.5 Å². The van der Waals surface area contributed by atoms with Crippen molar-refractivity contribution < 1.29 is 27.9 Å². The summed E-state index contributed by atoms with van der Waals surface area (Å²) in [5, 5.41) is 12.5. The van der Waals surface area contributed by atoms with Crippen molar-refractivity contribution in [3.8, 4) is 5.75 Å². The summed E-state index contributed by atoms with van der Waals surface area (Å²) in [6.45, 7) is 1.73. The molecule has 4 rings (SSSR count). The first-order valence-electron chi connectivity index (χ1n) is 10.3. The van der Waals surface area contributed by atoms with E-state index >= 15 is 0 Å². The SMILES string of the molecule is O=C1CC(C(F)(F)F)N(C(=O)CN2CCN(c3ccccc3O)CC2)c2ccccc2N1. The molecule has 0 spiro atoms. The highest BCUT2D eigenvalue weighted by Gasteiger charge is 2.49. The van der Waals surface area contributed by atoms with E-state index in [2.05, 4.69) is 5.32 Å². The van der Waals surface area contributed by atoms with E-state index in [1.165, 1.54) is 18.2 Å². The van der Waals surface area contributed by atoms with Crippen molar-refractivity contribution in [2.75, 3.05) is 47.8 Å². The number of phenolic OH excluding ortho intramolecular Hbond substituents is 1. The second-order valence-electron chi connectivity index (χ2n) is 7.84. The summed E-state index contributed by atoms with van der Waals surface area (Å²) in [6, 6.07) is 10.7. The third-order valence-electron chi connectivity index (χ3n) is 5.73. The number of carbonyl (C=O) groups is 2. The van der Waals surface area contributed by atoms with Crippen LogP contribution in [0, 0.1) is 0 Å². The summed E-state index contributed by atoms with van der Waals surface area (Å²) in [4.78, 5) is 29.7. The molecule has 7 nitrogen and oxygen atoms in total. The van der Waals surface area contributed by atoms with E-state index in [4.69, 9.17) is 0 Å². The van der Waals surface area contributed by atoms with Crippen molar-refractivity contribution in [3.63, 3.8) is 0 Å². The Balaban J connectivity index is 1.51. The van der Waals surface area contributed by atoms with E-state index in [1.54, 1.807) is 29.2 Å². The fraction of sp³-hybridized carbons (Fsp3) is 0.364. The van der Waals surface area contributed by atoms with Gasteiger partial charge in [-0.2, -0.15) is 13.2 Å². The summed E-state index contributed by atoms with van der Waals surface area (Å²) in [6.07, 6.45) is -5.61. The number of para-hydroxylation sites is 4. The second kappa shape index (κ2) is 8.70. The molecular formula is C22H23F3N4O3. The van der Waals surface area contributed by atoms with Crippen LogP contribution in [-0.4, -0.2) is 66.8 Å². The molecule has 0 aliphatic carbocycles. The van der Waals surface area contributed by atoms with Crippen molar-refractivity contribution in [2.24, 2.45) is 0 Å². The molecule has 10 heteroatoms. The van der Waals surface area contributed by atoms with Crippen molar-refractivity contribution in [1.82, 2.24) is 4.90 Å². The molecule has 0 radical (unpaired) electrons. The maximum absolute atomic E-state index is 13.8. The van der Waals surface area contributed by atoms with Crippen LogP contribution in [0.1, 0.15) is 6.42 Å². The molecule has 1 fully saturated rings. The molecule has 1 atom stereocenters. The third-order valence-corrected chi connectivity index (χ3v) is 5.73. The largest absolute Gasteiger partial charge is 0.506 e. The van der Waals surface area contributed by atoms with Gasteiger partial charge in [-0.25, -0.2) is 0 Å². The molecule has 2 aromatic carbocycles. The van der Waals surface area contributed by atoms with Crippen molar-refractivity contribution in [1.29, 1.82) is 0 Å². The normalized spacial score (nSPS) is 19.8. The number of piperazine rings is 1. The molecule has 2 amide bonds. The van der Waals surface area contributed by atoms with Gasteiger partial charge in [0.05, 0.1) is 30.0 Å². The van der Waals surface area contributed by atoms with Gasteiger partial charge < -0.3 is 15.3 Å². The maximum Gasteiger partial charge on any atom is 0.409 e. The molecule has 2 aliphatic rings. The molecule has 0 aromatic heterocycles. The Bertz CT molecular complexity index is 1010. The van der Waals surface area contributed by atoms with Crippen LogP contribution >= 0.6 is 0 Å². The Kier molecular flexibility index (Phi) is 5.96. The molecular weight excluding hydrogens is 425 g/mol. The highest BCUT2D eigenvalue weighted by molar-refractivity contribution is 6.05. The fourth-order valence-electron chi connectivity index (χ4n) is 4.14. The lowest BCUT2D eigenvalue weighted by atomic mass is 10.1. The van der Waals surface area contributed by atoms with Gasteiger partial charge in [0.25, 0.3) is 0 Å². The van der Waals surface area contributed by atoms with E-state index in [0.717, 1.165) is 0 Å². The number of fused-ring (bicyclic) bond motifs is 1. The average molecular weight is 448 g/mol. The van der Waals surface area contributed by atoms with Gasteiger partial charge in [0, 0.05) is 26.2 Å². The van der Waals surface area contributed by atoms with E-state index in [-0.39, 0.29) is 23.7 Å². The van der Waals surface area contributed by atoms with Crippen molar-refractivity contribution in [3.05, 3.63) is 48.5 Å². The Morgan fingerprint density at radius 2 is 1.62 bits per heavy atom. The topological polar surface area (TPSA) is 76.1 Å². The number of hydrogen-bond donors (Lipinski definition) is 2. The number of rotatable bonds is 3. The molecule has 0 saturated carbocycles. The minimum absolute atomic E-state index is 0.0403. The molecule has 2 heterocycles. The van der Waals surface area contributed by atoms with Crippen LogP contribution in [0.2, 0.25) is 0 Å². The summed E-state index contributed by atoms with van der Waals surface area (Å²) >= 11 is 0. The number of anilines is 3. The number of amides is 2. The van der Waals surface area contributed by atoms with Crippen LogP contribution in [0.5, 0.6) is 5.75 Å². The van der Waals surface area contributed by atoms with E-state index in [0.29, 0.717) is 36.8 Å². The molecule has 1 unspecified atom stereocenters. The minimum atomic E-state index is -4.76. The standard InChI is InChI=1S/C22H23F3N4O3/c23-22(24,25)19-13-20(31)26-15-5-1-2-6-16(15)29(19)21(32)14-27-9-11-28(12-10-27)17-7-3-4-8-18(17)30/h1-8,19,30H,9-14H2,(H,26,31). The Morgan fingerprint density at radius 3 is 2.28 bits per heavy atom. The van der Waals surface area contributed by atoms with Gasteiger partial charge in [-0.15, -0.1) is 0 Å². The van der Waals surface area contributed by atoms with Gasteiger partial charge >= 0.3 is 6.18 Å². The van der Waals surface area contributed by atoms with Gasteiger partial charge in [-0.05, 0) is 24.3 Å². The number of aromatic hydroxyl groups is 1. The van der Waals surface area contributed by atoms with E-state index in [1.807, 2.05) is 11.0 Å². The van der Waals surface area contributed by atoms with Crippen LogP contribution in [0.4, 0.5) is 30.2 Å². The third kappa shape index (κ3) is 4.50. The number of nitrogens with one attached hydrogen (secondary N) is 1. The highest BCUT2D eigenvalue weighted by Crippen LogP contribution is 2.38. The Hall–Kier alpha value is -3.27. The fourth-order valence-corrected chi connectivity index (χ4v) is 4.14. The van der Waals surface area contributed by atoms with Crippen molar-refractivity contribution >= 4 is 28.9 Å². The number of carbonyl (C=O) groups excluding carboxylic acids is 2. The highest BCUT2D eigenvalue weighted by atomic mass is 19.4. The molecule has 2 aromatic rings. The summed E-state index contributed by atoms with van der Waals surface area (Å²) < 4.78 is 41.5. The maximum atomic E-state index is 13.8. The van der Waals surface area contributed by atoms with Crippen LogP contribution in [0.15, 0.2) is 48.5 Å². The second-order valence-corrected chi connectivity index (χ2v) is 7.84. The van der Waals surface area contributed by atoms with Gasteiger partial charge in [-0.3, -0.25) is 19.4 Å². The average Bonchev–Trinajstić information content (AvgIpc) is 2.90. The van der Waals surface area contributed by atoms with Crippen molar-refractivity contribution in [2.45, 2.75) is 18.6 Å². The lowest BCUT2D eigenvalue weighted by molar-refractivity contribution is -0.158. The molecule has 170 valence electrons. The first-order chi connectivity index (χ1) is 15.2. The number of benzene rings is 2. The van der Waals surface area contributed by atoms with Crippen LogP contribution in [0.25, 0.3) is 0 Å². The molecule has 0 bridgehead atoms. The number of halogens is 3. The van der Waals surface area contributed by atoms with Crippen LogP contribution < -0.4 is 15.1 Å². The van der Waals surface area contributed by atoms with Gasteiger partial charge in [0.1, 0.15) is 11.8 Å². The van der Waals surface area contributed by atoms with E-state index in [9.17, 15) is 27.9 Å². The molecule has 1 saturated heterocycles.